The zero-order valence-corrected chi connectivity index (χ0v) is 17.8. The van der Waals surface area contributed by atoms with Crippen molar-refractivity contribution in [3.63, 3.8) is 0 Å². The molecule has 3 aromatic rings. The number of halogens is 1. The van der Waals surface area contributed by atoms with E-state index in [0.29, 0.717) is 33.8 Å². The number of carbonyl (C=O) groups is 2. The molecule has 0 bridgehead atoms. The lowest BCUT2D eigenvalue weighted by Gasteiger charge is -2.08. The van der Waals surface area contributed by atoms with Gasteiger partial charge in [-0.15, -0.1) is 0 Å². The number of amides is 2. The van der Waals surface area contributed by atoms with Crippen LogP contribution in [0.25, 0.3) is 0 Å². The highest BCUT2D eigenvalue weighted by molar-refractivity contribution is 7.99. The Kier molecular flexibility index (Phi) is 7.64. The number of hydrogen-bond donors (Lipinski definition) is 3. The predicted octanol–water partition coefficient (Wildman–Crippen LogP) is 4.43. The van der Waals surface area contributed by atoms with E-state index in [1.165, 1.54) is 25.0 Å². The van der Waals surface area contributed by atoms with Crippen molar-refractivity contribution in [1.82, 2.24) is 9.97 Å². The van der Waals surface area contributed by atoms with Crippen LogP contribution in [0.5, 0.6) is 0 Å². The van der Waals surface area contributed by atoms with E-state index in [9.17, 15) is 9.59 Å². The van der Waals surface area contributed by atoms with Crippen molar-refractivity contribution in [3.8, 4) is 0 Å². The molecule has 0 saturated carbocycles. The standard InChI is InChI=1S/C21H20ClN5O2S/c1-14(28)26-17-6-8-18(9-7-17)27-20(29)12-30-21-10-19(24-13-25-21)23-11-15-2-4-16(22)5-3-15/h2-10,13H,11-12H2,1H3,(H,26,28)(H,27,29)(H,23,24,25). The number of nitrogens with zero attached hydrogens (tertiary/aromatic N) is 2. The Labute approximate surface area is 183 Å². The van der Waals surface area contributed by atoms with Gasteiger partial charge in [-0.25, -0.2) is 9.97 Å². The number of nitrogens with one attached hydrogen (secondary N) is 3. The van der Waals surface area contributed by atoms with Gasteiger partial charge in [0.1, 0.15) is 17.2 Å². The highest BCUT2D eigenvalue weighted by Crippen LogP contribution is 2.19. The summed E-state index contributed by atoms with van der Waals surface area (Å²) in [4.78, 5) is 31.6. The summed E-state index contributed by atoms with van der Waals surface area (Å²) in [6.07, 6.45) is 1.46. The molecule has 0 aliphatic rings. The van der Waals surface area contributed by atoms with Crippen LogP contribution in [0.2, 0.25) is 5.02 Å². The zero-order chi connectivity index (χ0) is 21.3. The van der Waals surface area contributed by atoms with Crippen LogP contribution >= 0.6 is 23.4 Å². The second-order valence-corrected chi connectivity index (χ2v) is 7.75. The Morgan fingerprint density at radius 3 is 2.30 bits per heavy atom. The van der Waals surface area contributed by atoms with Crippen molar-refractivity contribution >= 4 is 52.4 Å². The molecule has 0 fully saturated rings. The fourth-order valence-corrected chi connectivity index (χ4v) is 3.28. The summed E-state index contributed by atoms with van der Waals surface area (Å²) < 4.78 is 0. The van der Waals surface area contributed by atoms with Crippen molar-refractivity contribution in [2.75, 3.05) is 21.7 Å². The third kappa shape index (κ3) is 7.06. The van der Waals surface area contributed by atoms with Crippen molar-refractivity contribution in [2.24, 2.45) is 0 Å². The lowest BCUT2D eigenvalue weighted by molar-refractivity contribution is -0.114. The molecule has 1 heterocycles. The summed E-state index contributed by atoms with van der Waals surface area (Å²) in [5, 5.41) is 10.1. The van der Waals surface area contributed by atoms with Gasteiger partial charge in [-0.2, -0.15) is 0 Å². The minimum atomic E-state index is -0.151. The Morgan fingerprint density at radius 1 is 0.967 bits per heavy atom. The van der Waals surface area contributed by atoms with Gasteiger partial charge in [0.15, 0.2) is 0 Å². The predicted molar refractivity (Wildman–Crippen MR) is 121 cm³/mol. The summed E-state index contributed by atoms with van der Waals surface area (Å²) in [5.41, 5.74) is 2.41. The van der Waals surface area contributed by atoms with Crippen molar-refractivity contribution in [2.45, 2.75) is 18.5 Å². The molecule has 0 aliphatic heterocycles. The first kappa shape index (κ1) is 21.6. The first-order valence-corrected chi connectivity index (χ1v) is 10.4. The molecule has 7 nitrogen and oxygen atoms in total. The van der Waals surface area contributed by atoms with E-state index in [1.54, 1.807) is 30.3 Å². The lowest BCUT2D eigenvalue weighted by Crippen LogP contribution is -2.14. The molecular formula is C21H20ClN5O2S. The number of hydrogen-bond acceptors (Lipinski definition) is 6. The van der Waals surface area contributed by atoms with Crippen molar-refractivity contribution in [1.29, 1.82) is 0 Å². The van der Waals surface area contributed by atoms with Gasteiger partial charge < -0.3 is 16.0 Å². The van der Waals surface area contributed by atoms with Gasteiger partial charge in [0, 0.05) is 35.9 Å². The fourth-order valence-electron chi connectivity index (χ4n) is 2.49. The smallest absolute Gasteiger partial charge is 0.234 e. The molecule has 2 amide bonds. The maximum Gasteiger partial charge on any atom is 0.234 e. The van der Waals surface area contributed by atoms with E-state index in [1.807, 2.05) is 24.3 Å². The van der Waals surface area contributed by atoms with E-state index in [4.69, 9.17) is 11.6 Å². The minimum absolute atomic E-state index is 0.143. The topological polar surface area (TPSA) is 96.0 Å². The average molecular weight is 442 g/mol. The van der Waals surface area contributed by atoms with E-state index in [2.05, 4.69) is 25.9 Å². The minimum Gasteiger partial charge on any atom is -0.366 e. The van der Waals surface area contributed by atoms with E-state index < -0.39 is 0 Å². The summed E-state index contributed by atoms with van der Waals surface area (Å²) in [5.74, 6) is 0.592. The molecule has 0 saturated heterocycles. The summed E-state index contributed by atoms with van der Waals surface area (Å²) in [6.45, 7) is 2.05. The first-order chi connectivity index (χ1) is 14.5. The van der Waals surface area contributed by atoms with Crippen LogP contribution in [0.4, 0.5) is 17.2 Å². The third-order valence-electron chi connectivity index (χ3n) is 3.87. The monoisotopic (exact) mass is 441 g/mol. The molecule has 154 valence electrons. The maximum atomic E-state index is 12.2. The van der Waals surface area contributed by atoms with Gasteiger partial charge in [-0.3, -0.25) is 9.59 Å². The molecule has 0 unspecified atom stereocenters. The van der Waals surface area contributed by atoms with Crippen LogP contribution in [-0.2, 0) is 16.1 Å². The van der Waals surface area contributed by atoms with Gasteiger partial charge in [0.05, 0.1) is 5.75 Å². The Balaban J connectivity index is 1.48. The van der Waals surface area contributed by atoms with Crippen LogP contribution in [0.15, 0.2) is 66.0 Å². The van der Waals surface area contributed by atoms with E-state index >= 15 is 0 Å². The normalized spacial score (nSPS) is 10.3. The quantitative estimate of drug-likeness (QED) is 0.353. The summed E-state index contributed by atoms with van der Waals surface area (Å²) in [7, 11) is 0. The number of rotatable bonds is 8. The van der Waals surface area contributed by atoms with Crippen LogP contribution in [0.3, 0.4) is 0 Å². The largest absolute Gasteiger partial charge is 0.366 e. The Bertz CT molecular complexity index is 1010. The number of thioether (sulfide) groups is 1. The molecule has 2 aromatic carbocycles. The Hall–Kier alpha value is -3.10. The molecule has 0 radical (unpaired) electrons. The van der Waals surface area contributed by atoms with Gasteiger partial charge in [0.25, 0.3) is 0 Å². The number of anilines is 3. The summed E-state index contributed by atoms with van der Waals surface area (Å²) in [6, 6.07) is 16.3. The highest BCUT2D eigenvalue weighted by Gasteiger charge is 2.06. The van der Waals surface area contributed by atoms with Crippen LogP contribution < -0.4 is 16.0 Å². The first-order valence-electron chi connectivity index (χ1n) is 9.08. The second kappa shape index (κ2) is 10.6. The Morgan fingerprint density at radius 2 is 1.63 bits per heavy atom. The molecule has 3 N–H and O–H groups in total. The van der Waals surface area contributed by atoms with Crippen LogP contribution in [0, 0.1) is 0 Å². The SMILES string of the molecule is CC(=O)Nc1ccc(NC(=O)CSc2cc(NCc3ccc(Cl)cc3)ncn2)cc1. The van der Waals surface area contributed by atoms with E-state index in [-0.39, 0.29) is 17.6 Å². The molecule has 0 atom stereocenters. The molecular weight excluding hydrogens is 422 g/mol. The fraction of sp³-hybridized carbons (Fsp3) is 0.143. The van der Waals surface area contributed by atoms with Gasteiger partial charge in [-0.1, -0.05) is 35.5 Å². The molecule has 30 heavy (non-hydrogen) atoms. The van der Waals surface area contributed by atoms with Crippen molar-refractivity contribution in [3.05, 3.63) is 71.5 Å². The lowest BCUT2D eigenvalue weighted by atomic mass is 10.2. The van der Waals surface area contributed by atoms with Gasteiger partial charge in [0.2, 0.25) is 11.8 Å². The van der Waals surface area contributed by atoms with Gasteiger partial charge >= 0.3 is 0 Å². The van der Waals surface area contributed by atoms with Crippen LogP contribution in [0.1, 0.15) is 12.5 Å². The number of carbonyl (C=O) groups excluding carboxylic acids is 2. The molecule has 1 aromatic heterocycles. The molecule has 0 spiro atoms. The highest BCUT2D eigenvalue weighted by atomic mass is 35.5. The summed E-state index contributed by atoms with van der Waals surface area (Å²) >= 11 is 7.21. The average Bonchev–Trinajstić information content (AvgIpc) is 2.73. The number of benzene rings is 2. The molecule has 9 heteroatoms. The molecule has 3 rings (SSSR count). The van der Waals surface area contributed by atoms with Crippen molar-refractivity contribution < 1.29 is 9.59 Å². The zero-order valence-electron chi connectivity index (χ0n) is 16.2. The third-order valence-corrected chi connectivity index (χ3v) is 5.05. The number of aromatic nitrogens is 2. The van der Waals surface area contributed by atoms with Crippen LogP contribution in [-0.4, -0.2) is 27.5 Å². The van der Waals surface area contributed by atoms with Gasteiger partial charge in [-0.05, 0) is 42.0 Å². The van der Waals surface area contributed by atoms with E-state index in [0.717, 1.165) is 5.56 Å². The second-order valence-electron chi connectivity index (χ2n) is 6.32. The maximum absolute atomic E-state index is 12.2. The molecule has 0 aliphatic carbocycles.